The first-order valence-corrected chi connectivity index (χ1v) is 9.18. The molecule has 1 aromatic carbocycles. The molecule has 0 radical (unpaired) electrons. The molecule has 2 N–H and O–H groups in total. The molecule has 118 valence electrons. The summed E-state index contributed by atoms with van der Waals surface area (Å²) in [5.41, 5.74) is 6.19. The number of nitrogens with two attached hydrogens (primary N) is 1. The van der Waals surface area contributed by atoms with Crippen molar-refractivity contribution >= 4 is 33.2 Å². The molecule has 7 heteroatoms. The third-order valence-corrected chi connectivity index (χ3v) is 6.67. The zero-order valence-electron chi connectivity index (χ0n) is 12.1. The zero-order valence-corrected chi connectivity index (χ0v) is 14.5. The number of hydrogen-bond donors (Lipinski definition) is 1. The molecule has 0 amide bonds. The Labute approximate surface area is 136 Å². The summed E-state index contributed by atoms with van der Waals surface area (Å²) < 4.78 is 27.4. The maximum Gasteiger partial charge on any atom is 0.244 e. The summed E-state index contributed by atoms with van der Waals surface area (Å²) in [6, 6.07) is 2.97. The van der Waals surface area contributed by atoms with Crippen LogP contribution in [0, 0.1) is 5.92 Å². The fourth-order valence-corrected chi connectivity index (χ4v) is 5.46. The van der Waals surface area contributed by atoms with Crippen LogP contribution in [0.3, 0.4) is 0 Å². The maximum absolute atomic E-state index is 12.9. The van der Waals surface area contributed by atoms with E-state index in [0.29, 0.717) is 17.1 Å². The largest absolute Gasteiger partial charge is 0.326 e. The van der Waals surface area contributed by atoms with Crippen LogP contribution in [0.15, 0.2) is 17.0 Å². The molecular weight excluding hydrogens is 331 g/mol. The Kier molecular flexibility index (Phi) is 5.21. The van der Waals surface area contributed by atoms with E-state index in [2.05, 4.69) is 0 Å². The molecule has 1 aromatic rings. The van der Waals surface area contributed by atoms with E-state index in [9.17, 15) is 8.42 Å². The van der Waals surface area contributed by atoms with Crippen molar-refractivity contribution in [3.8, 4) is 0 Å². The van der Waals surface area contributed by atoms with Crippen molar-refractivity contribution in [2.45, 2.75) is 44.2 Å². The number of hydrogen-bond acceptors (Lipinski definition) is 3. The van der Waals surface area contributed by atoms with Crippen molar-refractivity contribution in [1.82, 2.24) is 4.31 Å². The average Bonchev–Trinajstić information content (AvgIpc) is 2.88. The van der Waals surface area contributed by atoms with Gasteiger partial charge in [0.25, 0.3) is 0 Å². The third kappa shape index (κ3) is 3.22. The second kappa shape index (κ2) is 6.42. The molecule has 0 saturated carbocycles. The van der Waals surface area contributed by atoms with Crippen molar-refractivity contribution in [3.05, 3.63) is 27.7 Å². The maximum atomic E-state index is 12.9. The highest BCUT2D eigenvalue weighted by molar-refractivity contribution is 7.89. The van der Waals surface area contributed by atoms with Gasteiger partial charge in [0, 0.05) is 24.2 Å². The highest BCUT2D eigenvalue weighted by Gasteiger charge is 2.37. The minimum absolute atomic E-state index is 0.0167. The molecule has 4 nitrogen and oxygen atoms in total. The molecule has 0 aromatic heterocycles. The Morgan fingerprint density at radius 1 is 1.33 bits per heavy atom. The number of nitrogens with zero attached hydrogens (tertiary/aromatic N) is 1. The molecular formula is C14H20Cl2N2O2S. The zero-order chi connectivity index (χ0) is 15.8. The molecule has 1 atom stereocenters. The number of sulfonamides is 1. The van der Waals surface area contributed by atoms with Crippen molar-refractivity contribution in [3.63, 3.8) is 0 Å². The molecule has 0 bridgehead atoms. The second-order valence-electron chi connectivity index (χ2n) is 5.65. The minimum Gasteiger partial charge on any atom is -0.326 e. The van der Waals surface area contributed by atoms with Gasteiger partial charge in [0.2, 0.25) is 10.0 Å². The van der Waals surface area contributed by atoms with Crippen LogP contribution in [0.4, 0.5) is 0 Å². The summed E-state index contributed by atoms with van der Waals surface area (Å²) >= 11 is 12.1. The lowest BCUT2D eigenvalue weighted by atomic mass is 10.0. The molecule has 0 spiro atoms. The van der Waals surface area contributed by atoms with Crippen LogP contribution in [-0.2, 0) is 16.6 Å². The molecule has 1 heterocycles. The van der Waals surface area contributed by atoms with E-state index >= 15 is 0 Å². The van der Waals surface area contributed by atoms with Gasteiger partial charge in [0.05, 0.1) is 5.02 Å². The lowest BCUT2D eigenvalue weighted by Gasteiger charge is -2.27. The van der Waals surface area contributed by atoms with E-state index in [-0.39, 0.29) is 28.4 Å². The first kappa shape index (κ1) is 17.0. The molecule has 1 aliphatic heterocycles. The number of halogens is 2. The van der Waals surface area contributed by atoms with Gasteiger partial charge in [-0.05, 0) is 36.5 Å². The van der Waals surface area contributed by atoms with E-state index in [1.54, 1.807) is 4.31 Å². The summed E-state index contributed by atoms with van der Waals surface area (Å²) in [5, 5.41) is 0.537. The number of rotatable bonds is 4. The average molecular weight is 351 g/mol. The summed E-state index contributed by atoms with van der Waals surface area (Å²) in [5.74, 6) is 0.266. The Balaban J connectivity index is 2.49. The van der Waals surface area contributed by atoms with E-state index < -0.39 is 10.0 Å². The van der Waals surface area contributed by atoms with Gasteiger partial charge in [0.15, 0.2) is 0 Å². The first-order chi connectivity index (χ1) is 9.78. The smallest absolute Gasteiger partial charge is 0.244 e. The second-order valence-corrected chi connectivity index (χ2v) is 8.32. The Morgan fingerprint density at radius 2 is 2.00 bits per heavy atom. The fraction of sp³-hybridized carbons (Fsp3) is 0.571. The van der Waals surface area contributed by atoms with Gasteiger partial charge < -0.3 is 5.73 Å². The lowest BCUT2D eigenvalue weighted by Crippen LogP contribution is -2.38. The van der Waals surface area contributed by atoms with Crippen LogP contribution in [0.1, 0.15) is 32.3 Å². The van der Waals surface area contributed by atoms with Gasteiger partial charge >= 0.3 is 0 Å². The number of benzene rings is 1. The van der Waals surface area contributed by atoms with Gasteiger partial charge in [0.1, 0.15) is 4.90 Å². The minimum atomic E-state index is -3.63. The first-order valence-electron chi connectivity index (χ1n) is 6.99. The molecule has 0 aliphatic carbocycles. The summed E-state index contributed by atoms with van der Waals surface area (Å²) in [6.45, 7) is 4.77. The highest BCUT2D eigenvalue weighted by Crippen LogP contribution is 2.35. The van der Waals surface area contributed by atoms with Crippen LogP contribution in [0.25, 0.3) is 0 Å². The van der Waals surface area contributed by atoms with Gasteiger partial charge in [-0.1, -0.05) is 37.0 Å². The van der Waals surface area contributed by atoms with Crippen molar-refractivity contribution < 1.29 is 8.42 Å². The molecule has 1 aliphatic rings. The molecule has 2 rings (SSSR count). The Bertz CT molecular complexity index is 632. The van der Waals surface area contributed by atoms with Gasteiger partial charge in [-0.3, -0.25) is 0 Å². The SMILES string of the molecule is CC(C)C1CCCN1S(=O)(=O)c1cc(CN)c(Cl)cc1Cl. The fourth-order valence-electron chi connectivity index (χ4n) is 2.78. The predicted octanol–water partition coefficient (Wildman–Crippen LogP) is 3.26. The lowest BCUT2D eigenvalue weighted by molar-refractivity contribution is 0.316. The Morgan fingerprint density at radius 3 is 2.57 bits per heavy atom. The molecule has 1 saturated heterocycles. The van der Waals surface area contributed by atoms with Crippen LogP contribution in [-0.4, -0.2) is 25.3 Å². The predicted molar refractivity (Wildman–Crippen MR) is 86.1 cm³/mol. The molecule has 1 fully saturated rings. The van der Waals surface area contributed by atoms with Crippen molar-refractivity contribution in [2.24, 2.45) is 11.7 Å². The van der Waals surface area contributed by atoms with Crippen molar-refractivity contribution in [1.29, 1.82) is 0 Å². The van der Waals surface area contributed by atoms with E-state index in [1.165, 1.54) is 12.1 Å². The normalized spacial score (nSPS) is 20.4. The summed E-state index contributed by atoms with van der Waals surface area (Å²) in [4.78, 5) is 0.0987. The van der Waals surface area contributed by atoms with Crippen LogP contribution in [0.5, 0.6) is 0 Å². The van der Waals surface area contributed by atoms with Gasteiger partial charge in [-0.25, -0.2) is 8.42 Å². The van der Waals surface area contributed by atoms with Gasteiger partial charge in [-0.15, -0.1) is 0 Å². The third-order valence-electron chi connectivity index (χ3n) is 3.93. The van der Waals surface area contributed by atoms with Crippen LogP contribution < -0.4 is 5.73 Å². The van der Waals surface area contributed by atoms with E-state index in [0.717, 1.165) is 12.8 Å². The Hall–Kier alpha value is -0.330. The monoisotopic (exact) mass is 350 g/mol. The summed E-state index contributed by atoms with van der Waals surface area (Å²) in [6.07, 6.45) is 1.75. The van der Waals surface area contributed by atoms with Crippen molar-refractivity contribution in [2.75, 3.05) is 6.54 Å². The highest BCUT2D eigenvalue weighted by atomic mass is 35.5. The quantitative estimate of drug-likeness (QED) is 0.906. The summed E-state index contributed by atoms with van der Waals surface area (Å²) in [7, 11) is -3.63. The van der Waals surface area contributed by atoms with E-state index in [1.807, 2.05) is 13.8 Å². The topological polar surface area (TPSA) is 63.4 Å². The molecule has 1 unspecified atom stereocenters. The van der Waals surface area contributed by atoms with Gasteiger partial charge in [-0.2, -0.15) is 4.31 Å². The van der Waals surface area contributed by atoms with Crippen LogP contribution in [0.2, 0.25) is 10.0 Å². The molecule has 21 heavy (non-hydrogen) atoms. The standard InChI is InChI=1S/C14H20Cl2N2O2S/c1-9(2)13-4-3-5-18(13)21(19,20)14-6-10(8-17)11(15)7-12(14)16/h6-7,9,13H,3-5,8,17H2,1-2H3. The van der Waals surface area contributed by atoms with E-state index in [4.69, 9.17) is 28.9 Å². The van der Waals surface area contributed by atoms with Crippen LogP contribution >= 0.6 is 23.2 Å².